The maximum atomic E-state index is 5.61. The van der Waals surface area contributed by atoms with E-state index in [9.17, 15) is 0 Å². The molecular weight excluding hydrogens is 274 g/mol. The Morgan fingerprint density at radius 3 is 3.00 bits per heavy atom. The molecule has 2 rings (SSSR count). The van der Waals surface area contributed by atoms with Gasteiger partial charge in [-0.05, 0) is 31.4 Å². The topological polar surface area (TPSA) is 53.7 Å². The van der Waals surface area contributed by atoms with Crippen molar-refractivity contribution in [2.75, 3.05) is 26.4 Å². The quantitative estimate of drug-likeness (QED) is 0.618. The van der Waals surface area contributed by atoms with E-state index in [1.165, 1.54) is 12.8 Å². The van der Waals surface area contributed by atoms with Gasteiger partial charge in [-0.3, -0.25) is 0 Å². The summed E-state index contributed by atoms with van der Waals surface area (Å²) in [5.74, 6) is 0.757. The van der Waals surface area contributed by atoms with Crippen LogP contribution >= 0.6 is 12.2 Å². The molecule has 0 saturated carbocycles. The molecule has 5 heteroatoms. The van der Waals surface area contributed by atoms with Crippen molar-refractivity contribution in [2.24, 2.45) is 5.73 Å². The van der Waals surface area contributed by atoms with Crippen LogP contribution in [0, 0.1) is 0 Å². The fourth-order valence-corrected chi connectivity index (χ4v) is 2.24. The van der Waals surface area contributed by atoms with Gasteiger partial charge in [0.15, 0.2) is 0 Å². The van der Waals surface area contributed by atoms with Crippen LogP contribution in [0.5, 0.6) is 5.75 Å². The molecule has 1 aliphatic rings. The molecule has 4 nitrogen and oxygen atoms in total. The van der Waals surface area contributed by atoms with Crippen LogP contribution in [0.1, 0.15) is 24.8 Å². The van der Waals surface area contributed by atoms with Crippen LogP contribution in [0.3, 0.4) is 0 Å². The Balaban J connectivity index is 1.63. The third-order valence-corrected chi connectivity index (χ3v) is 3.43. The third kappa shape index (κ3) is 5.07. The van der Waals surface area contributed by atoms with Crippen molar-refractivity contribution in [1.29, 1.82) is 0 Å². The third-order valence-electron chi connectivity index (χ3n) is 3.19. The van der Waals surface area contributed by atoms with Crippen molar-refractivity contribution in [1.82, 2.24) is 0 Å². The summed E-state index contributed by atoms with van der Waals surface area (Å²) in [6.45, 7) is 2.57. The Bertz CT molecular complexity index is 433. The summed E-state index contributed by atoms with van der Waals surface area (Å²) < 4.78 is 16.8. The van der Waals surface area contributed by atoms with Crippen molar-refractivity contribution >= 4 is 17.2 Å². The van der Waals surface area contributed by atoms with Gasteiger partial charge in [-0.2, -0.15) is 0 Å². The lowest BCUT2D eigenvalue weighted by molar-refractivity contribution is -0.0444. The molecule has 0 aromatic heterocycles. The summed E-state index contributed by atoms with van der Waals surface area (Å²) in [4.78, 5) is 0.376. The zero-order valence-corrected chi connectivity index (χ0v) is 12.4. The molecule has 1 aliphatic heterocycles. The number of ether oxygens (including phenoxy) is 3. The zero-order valence-electron chi connectivity index (χ0n) is 11.5. The molecular formula is C15H21NO3S. The normalized spacial score (nSPS) is 18.7. The van der Waals surface area contributed by atoms with E-state index in [1.54, 1.807) is 0 Å². The Kier molecular flexibility index (Phi) is 6.24. The van der Waals surface area contributed by atoms with Gasteiger partial charge in [-0.25, -0.2) is 0 Å². The lowest BCUT2D eigenvalue weighted by Gasteiger charge is -2.22. The molecule has 20 heavy (non-hydrogen) atoms. The van der Waals surface area contributed by atoms with Crippen molar-refractivity contribution in [2.45, 2.75) is 25.4 Å². The fraction of sp³-hybridized carbons (Fsp3) is 0.533. The average Bonchev–Trinajstić information content (AvgIpc) is 2.48. The second-order valence-electron chi connectivity index (χ2n) is 4.80. The van der Waals surface area contributed by atoms with Crippen molar-refractivity contribution < 1.29 is 14.2 Å². The smallest absolute Gasteiger partial charge is 0.120 e. The van der Waals surface area contributed by atoms with Gasteiger partial charge < -0.3 is 19.9 Å². The standard InChI is InChI=1S/C15H21NO3S/c16-15(20)12-4-3-6-13(10-12)19-9-8-17-11-14-5-1-2-7-18-14/h3-4,6,10,14H,1-2,5,7-9,11H2,(H2,16,20). The minimum absolute atomic E-state index is 0.252. The first kappa shape index (κ1) is 15.2. The Labute approximate surface area is 125 Å². The summed E-state index contributed by atoms with van der Waals surface area (Å²) in [5, 5.41) is 0. The molecule has 1 atom stereocenters. The second-order valence-corrected chi connectivity index (χ2v) is 5.24. The lowest BCUT2D eigenvalue weighted by atomic mass is 10.1. The van der Waals surface area contributed by atoms with Crippen LogP contribution in [0.25, 0.3) is 0 Å². The van der Waals surface area contributed by atoms with Crippen LogP contribution in [-0.4, -0.2) is 37.5 Å². The highest BCUT2D eigenvalue weighted by atomic mass is 32.1. The number of thiocarbonyl (C=S) groups is 1. The highest BCUT2D eigenvalue weighted by Gasteiger charge is 2.13. The van der Waals surface area contributed by atoms with Crippen LogP contribution < -0.4 is 10.5 Å². The van der Waals surface area contributed by atoms with Gasteiger partial charge in [0.05, 0.1) is 19.3 Å². The molecule has 2 N–H and O–H groups in total. The largest absolute Gasteiger partial charge is 0.491 e. The first-order chi connectivity index (χ1) is 9.75. The van der Waals surface area contributed by atoms with Crippen LogP contribution in [0.15, 0.2) is 24.3 Å². The predicted octanol–water partition coefficient (Wildman–Crippen LogP) is 2.29. The minimum Gasteiger partial charge on any atom is -0.491 e. The molecule has 1 fully saturated rings. The molecule has 0 aliphatic carbocycles. The maximum absolute atomic E-state index is 5.61. The molecule has 1 heterocycles. The molecule has 0 spiro atoms. The molecule has 0 amide bonds. The number of benzene rings is 1. The van der Waals surface area contributed by atoms with E-state index in [4.69, 9.17) is 32.2 Å². The second kappa shape index (κ2) is 8.19. The van der Waals surface area contributed by atoms with Gasteiger partial charge in [0.1, 0.15) is 17.3 Å². The average molecular weight is 295 g/mol. The van der Waals surface area contributed by atoms with Gasteiger partial charge in [0.25, 0.3) is 0 Å². The van der Waals surface area contributed by atoms with E-state index in [0.29, 0.717) is 24.8 Å². The summed E-state index contributed by atoms with van der Waals surface area (Å²) in [5.41, 5.74) is 6.39. The van der Waals surface area contributed by atoms with Crippen LogP contribution in [0.2, 0.25) is 0 Å². The van der Waals surface area contributed by atoms with Gasteiger partial charge in [0.2, 0.25) is 0 Å². The van der Waals surface area contributed by atoms with Gasteiger partial charge >= 0.3 is 0 Å². The van der Waals surface area contributed by atoms with Gasteiger partial charge in [-0.1, -0.05) is 24.4 Å². The molecule has 0 radical (unpaired) electrons. The summed E-state index contributed by atoms with van der Waals surface area (Å²) >= 11 is 4.93. The molecule has 1 aromatic carbocycles. The molecule has 110 valence electrons. The minimum atomic E-state index is 0.252. The first-order valence-electron chi connectivity index (χ1n) is 6.98. The number of hydrogen-bond acceptors (Lipinski definition) is 4. The SMILES string of the molecule is NC(=S)c1cccc(OCCOCC2CCCCO2)c1. The molecule has 1 saturated heterocycles. The van der Waals surface area contributed by atoms with E-state index in [1.807, 2.05) is 24.3 Å². The lowest BCUT2D eigenvalue weighted by Crippen LogP contribution is -2.25. The van der Waals surface area contributed by atoms with Crippen molar-refractivity contribution in [3.05, 3.63) is 29.8 Å². The van der Waals surface area contributed by atoms with E-state index in [-0.39, 0.29) is 6.10 Å². The van der Waals surface area contributed by atoms with Crippen molar-refractivity contribution in [3.8, 4) is 5.75 Å². The van der Waals surface area contributed by atoms with Gasteiger partial charge in [-0.15, -0.1) is 0 Å². The monoisotopic (exact) mass is 295 g/mol. The Morgan fingerprint density at radius 1 is 1.35 bits per heavy atom. The van der Waals surface area contributed by atoms with E-state index in [0.717, 1.165) is 24.3 Å². The maximum Gasteiger partial charge on any atom is 0.120 e. The van der Waals surface area contributed by atoms with E-state index in [2.05, 4.69) is 0 Å². The number of hydrogen-bond donors (Lipinski definition) is 1. The van der Waals surface area contributed by atoms with E-state index < -0.39 is 0 Å². The van der Waals surface area contributed by atoms with Crippen molar-refractivity contribution in [3.63, 3.8) is 0 Å². The van der Waals surface area contributed by atoms with Gasteiger partial charge in [0, 0.05) is 12.2 Å². The predicted molar refractivity (Wildman–Crippen MR) is 82.2 cm³/mol. The first-order valence-corrected chi connectivity index (χ1v) is 7.38. The number of nitrogens with two attached hydrogens (primary N) is 1. The highest BCUT2D eigenvalue weighted by Crippen LogP contribution is 2.14. The zero-order chi connectivity index (χ0) is 14.2. The summed E-state index contributed by atoms with van der Waals surface area (Å²) in [6.07, 6.45) is 3.74. The molecule has 1 aromatic rings. The van der Waals surface area contributed by atoms with E-state index >= 15 is 0 Å². The summed E-state index contributed by atoms with van der Waals surface area (Å²) in [6, 6.07) is 7.46. The highest BCUT2D eigenvalue weighted by molar-refractivity contribution is 7.80. The van der Waals surface area contributed by atoms with Crippen LogP contribution in [-0.2, 0) is 9.47 Å². The Hall–Kier alpha value is -1.17. The summed E-state index contributed by atoms with van der Waals surface area (Å²) in [7, 11) is 0. The molecule has 1 unspecified atom stereocenters. The van der Waals surface area contributed by atoms with Crippen LogP contribution in [0.4, 0.5) is 0 Å². The fourth-order valence-electron chi connectivity index (χ4n) is 2.11. The Morgan fingerprint density at radius 2 is 2.25 bits per heavy atom. The molecule has 0 bridgehead atoms. The number of rotatable bonds is 7.